The third kappa shape index (κ3) is 3.01. The second-order valence-electron chi connectivity index (χ2n) is 4.70. The van der Waals surface area contributed by atoms with Gasteiger partial charge in [0.15, 0.2) is 0 Å². The molecule has 1 aliphatic carbocycles. The van der Waals surface area contributed by atoms with E-state index in [2.05, 4.69) is 27.8 Å². The van der Waals surface area contributed by atoms with Gasteiger partial charge in [0, 0.05) is 13.2 Å². The first-order valence-electron chi connectivity index (χ1n) is 6.57. The summed E-state index contributed by atoms with van der Waals surface area (Å²) in [4.78, 5) is 4.61. The van der Waals surface area contributed by atoms with Crippen molar-refractivity contribution in [3.63, 3.8) is 0 Å². The summed E-state index contributed by atoms with van der Waals surface area (Å²) in [5.74, 6) is 6.16. The van der Waals surface area contributed by atoms with Crippen molar-refractivity contribution in [1.82, 2.24) is 15.2 Å². The minimum Gasteiger partial charge on any atom is -0.322 e. The summed E-state index contributed by atoms with van der Waals surface area (Å²) in [6, 6.07) is 0.394. The van der Waals surface area contributed by atoms with Gasteiger partial charge in [0.2, 0.25) is 5.96 Å². The molecule has 18 heavy (non-hydrogen) atoms. The number of aryl methyl sites for hydroxylation is 2. The smallest absolute Gasteiger partial charge is 0.210 e. The second kappa shape index (κ2) is 5.86. The van der Waals surface area contributed by atoms with Gasteiger partial charge >= 0.3 is 0 Å². The van der Waals surface area contributed by atoms with Gasteiger partial charge < -0.3 is 5.32 Å². The molecule has 4 N–H and O–H groups in total. The molecule has 0 unspecified atom stereocenters. The Morgan fingerprint density at radius 1 is 1.56 bits per heavy atom. The molecule has 0 atom stereocenters. The fourth-order valence-corrected chi connectivity index (χ4v) is 2.35. The van der Waals surface area contributed by atoms with Crippen LogP contribution < -0.4 is 16.6 Å². The minimum absolute atomic E-state index is 0.394. The first-order chi connectivity index (χ1) is 8.72. The number of hydrogen-bond acceptors (Lipinski definition) is 3. The van der Waals surface area contributed by atoms with Gasteiger partial charge in [-0.1, -0.05) is 19.8 Å². The molecular weight excluding hydrogens is 228 g/mol. The van der Waals surface area contributed by atoms with Crippen LogP contribution in [0.4, 0.5) is 5.69 Å². The van der Waals surface area contributed by atoms with E-state index in [0.717, 1.165) is 30.6 Å². The first kappa shape index (κ1) is 12.9. The average molecular weight is 250 g/mol. The Morgan fingerprint density at radius 3 is 2.89 bits per heavy atom. The molecule has 2 rings (SSSR count). The molecule has 1 saturated carbocycles. The van der Waals surface area contributed by atoms with Crippen LogP contribution in [0.5, 0.6) is 0 Å². The van der Waals surface area contributed by atoms with E-state index >= 15 is 0 Å². The van der Waals surface area contributed by atoms with Crippen molar-refractivity contribution in [3.05, 3.63) is 11.9 Å². The molecule has 0 aromatic carbocycles. The summed E-state index contributed by atoms with van der Waals surface area (Å²) in [6.45, 7) is 2.08. The number of anilines is 1. The van der Waals surface area contributed by atoms with Crippen molar-refractivity contribution in [2.45, 2.75) is 45.1 Å². The molecule has 0 aliphatic heterocycles. The Morgan fingerprint density at radius 2 is 2.28 bits per heavy atom. The lowest BCUT2D eigenvalue weighted by Crippen LogP contribution is -2.37. The molecule has 6 nitrogen and oxygen atoms in total. The number of aromatic nitrogens is 2. The highest BCUT2D eigenvalue weighted by Crippen LogP contribution is 2.21. The number of nitrogens with two attached hydrogens (primary N) is 1. The molecule has 1 aliphatic rings. The van der Waals surface area contributed by atoms with Gasteiger partial charge in [-0.05, 0) is 19.3 Å². The van der Waals surface area contributed by atoms with Crippen LogP contribution in [0, 0.1) is 0 Å². The number of guanidine groups is 1. The summed E-state index contributed by atoms with van der Waals surface area (Å²) in [5.41, 5.74) is 4.63. The molecular formula is C12H22N6. The van der Waals surface area contributed by atoms with Gasteiger partial charge in [0.25, 0.3) is 0 Å². The number of rotatable bonds is 3. The first-order valence-corrected chi connectivity index (χ1v) is 6.57. The SMILES string of the molecule is CCc1nn(C)cc1NC(=NC1CCCC1)NN. The molecule has 100 valence electrons. The zero-order chi connectivity index (χ0) is 13.0. The van der Waals surface area contributed by atoms with Gasteiger partial charge in [0.1, 0.15) is 0 Å². The summed E-state index contributed by atoms with van der Waals surface area (Å²) >= 11 is 0. The van der Waals surface area contributed by atoms with Crippen LogP contribution in [0.3, 0.4) is 0 Å². The maximum Gasteiger partial charge on any atom is 0.210 e. The highest BCUT2D eigenvalue weighted by Gasteiger charge is 2.15. The molecule has 1 aromatic heterocycles. The van der Waals surface area contributed by atoms with Crippen LogP contribution in [-0.4, -0.2) is 21.8 Å². The number of nitrogens with zero attached hydrogens (tertiary/aromatic N) is 3. The Labute approximate surface area is 108 Å². The maximum atomic E-state index is 5.53. The summed E-state index contributed by atoms with van der Waals surface area (Å²) in [5, 5.41) is 7.61. The molecule has 1 aromatic rings. The van der Waals surface area contributed by atoms with Gasteiger partial charge in [-0.3, -0.25) is 10.1 Å². The molecule has 0 amide bonds. The van der Waals surface area contributed by atoms with Crippen molar-refractivity contribution in [2.24, 2.45) is 17.9 Å². The summed E-state index contributed by atoms with van der Waals surface area (Å²) in [6.07, 6.45) is 7.66. The molecule has 0 spiro atoms. The molecule has 0 bridgehead atoms. The van der Waals surface area contributed by atoms with Crippen molar-refractivity contribution < 1.29 is 0 Å². The zero-order valence-corrected chi connectivity index (χ0v) is 11.1. The maximum absolute atomic E-state index is 5.53. The lowest BCUT2D eigenvalue weighted by Gasteiger charge is -2.11. The van der Waals surface area contributed by atoms with Gasteiger partial charge in [-0.15, -0.1) is 0 Å². The standard InChI is InChI=1S/C12H22N6/c1-3-10-11(8-18(2)17-10)15-12(16-13)14-9-6-4-5-7-9/h8-9H,3-7,13H2,1-2H3,(H2,14,15,16). The van der Waals surface area contributed by atoms with E-state index in [-0.39, 0.29) is 0 Å². The van der Waals surface area contributed by atoms with Crippen molar-refractivity contribution in [2.75, 3.05) is 5.32 Å². The van der Waals surface area contributed by atoms with E-state index in [1.54, 1.807) is 4.68 Å². The summed E-state index contributed by atoms with van der Waals surface area (Å²) < 4.78 is 1.80. The Hall–Kier alpha value is -1.56. The van der Waals surface area contributed by atoms with E-state index in [4.69, 9.17) is 5.84 Å². The topological polar surface area (TPSA) is 80.3 Å². The second-order valence-corrected chi connectivity index (χ2v) is 4.70. The number of hydrazine groups is 1. The van der Waals surface area contributed by atoms with Crippen molar-refractivity contribution in [1.29, 1.82) is 0 Å². The number of hydrogen-bond donors (Lipinski definition) is 3. The lowest BCUT2D eigenvalue weighted by atomic mass is 10.3. The molecule has 0 radical (unpaired) electrons. The largest absolute Gasteiger partial charge is 0.322 e. The van der Waals surface area contributed by atoms with Crippen LogP contribution in [0.15, 0.2) is 11.2 Å². The monoisotopic (exact) mass is 250 g/mol. The van der Waals surface area contributed by atoms with Crippen LogP contribution in [-0.2, 0) is 13.5 Å². The Kier molecular flexibility index (Phi) is 4.19. The quantitative estimate of drug-likeness (QED) is 0.325. The third-order valence-corrected chi connectivity index (χ3v) is 3.27. The van der Waals surface area contributed by atoms with Crippen LogP contribution in [0.25, 0.3) is 0 Å². The molecule has 1 heterocycles. The zero-order valence-electron chi connectivity index (χ0n) is 11.1. The fraction of sp³-hybridized carbons (Fsp3) is 0.667. The molecule has 1 fully saturated rings. The van der Waals surface area contributed by atoms with Crippen molar-refractivity contribution >= 4 is 11.6 Å². The van der Waals surface area contributed by atoms with Crippen LogP contribution in [0.2, 0.25) is 0 Å². The third-order valence-electron chi connectivity index (χ3n) is 3.27. The Bertz CT molecular complexity index is 416. The van der Waals surface area contributed by atoms with Crippen molar-refractivity contribution in [3.8, 4) is 0 Å². The number of nitrogens with one attached hydrogen (secondary N) is 2. The normalized spacial score (nSPS) is 17.2. The Balaban J connectivity index is 2.09. The van der Waals surface area contributed by atoms with E-state index in [1.807, 2.05) is 13.2 Å². The van der Waals surface area contributed by atoms with Gasteiger partial charge in [-0.2, -0.15) is 5.10 Å². The van der Waals surface area contributed by atoms with Crippen LogP contribution >= 0.6 is 0 Å². The van der Waals surface area contributed by atoms with Gasteiger partial charge in [0.05, 0.1) is 17.4 Å². The van der Waals surface area contributed by atoms with E-state index in [1.165, 1.54) is 12.8 Å². The highest BCUT2D eigenvalue weighted by atomic mass is 15.3. The lowest BCUT2D eigenvalue weighted by molar-refractivity contribution is 0.700. The molecule has 0 saturated heterocycles. The minimum atomic E-state index is 0.394. The highest BCUT2D eigenvalue weighted by molar-refractivity contribution is 5.93. The van der Waals surface area contributed by atoms with Crippen LogP contribution in [0.1, 0.15) is 38.3 Å². The van der Waals surface area contributed by atoms with E-state index in [0.29, 0.717) is 12.0 Å². The predicted octanol–water partition coefficient (Wildman–Crippen LogP) is 1.16. The van der Waals surface area contributed by atoms with E-state index in [9.17, 15) is 0 Å². The predicted molar refractivity (Wildman–Crippen MR) is 73.2 cm³/mol. The molecule has 6 heteroatoms. The van der Waals surface area contributed by atoms with Gasteiger partial charge in [-0.25, -0.2) is 10.8 Å². The average Bonchev–Trinajstić information content (AvgIpc) is 2.98. The van der Waals surface area contributed by atoms with E-state index < -0.39 is 0 Å². The number of aliphatic imine (C=N–C) groups is 1. The fourth-order valence-electron chi connectivity index (χ4n) is 2.35. The summed E-state index contributed by atoms with van der Waals surface area (Å²) in [7, 11) is 1.91.